The van der Waals surface area contributed by atoms with E-state index >= 15 is 0 Å². The number of ether oxygens (including phenoxy) is 1. The van der Waals surface area contributed by atoms with E-state index in [2.05, 4.69) is 20.0 Å². The van der Waals surface area contributed by atoms with Gasteiger partial charge in [0.05, 0.1) is 18.2 Å². The van der Waals surface area contributed by atoms with Gasteiger partial charge in [0.25, 0.3) is 0 Å². The van der Waals surface area contributed by atoms with Crippen LogP contribution in [-0.4, -0.2) is 63.7 Å². The first kappa shape index (κ1) is 18.3. The van der Waals surface area contributed by atoms with E-state index < -0.39 is 12.7 Å². The smallest absolute Gasteiger partial charge is 0.379 e. The number of rotatable bonds is 5. The van der Waals surface area contributed by atoms with Gasteiger partial charge in [0.1, 0.15) is 18.1 Å². The van der Waals surface area contributed by atoms with Gasteiger partial charge in [-0.2, -0.15) is 13.2 Å². The van der Waals surface area contributed by atoms with Gasteiger partial charge in [-0.05, 0) is 6.92 Å². The SMILES string of the molecule is Cc1nc(-c2nc([C@@H](C)CN3CCOCC3)n(CC(F)(F)F)n2)cs1. The van der Waals surface area contributed by atoms with Gasteiger partial charge >= 0.3 is 6.18 Å². The van der Waals surface area contributed by atoms with Crippen LogP contribution >= 0.6 is 11.3 Å². The van der Waals surface area contributed by atoms with Gasteiger partial charge in [-0.1, -0.05) is 6.92 Å². The molecule has 0 radical (unpaired) electrons. The number of nitrogens with zero attached hydrogens (tertiary/aromatic N) is 5. The molecule has 0 aliphatic carbocycles. The number of thiazole rings is 1. The Morgan fingerprint density at radius 2 is 2.00 bits per heavy atom. The second kappa shape index (κ2) is 7.38. The molecule has 1 saturated heterocycles. The second-order valence-corrected chi connectivity index (χ2v) is 7.19. The Morgan fingerprint density at radius 1 is 1.28 bits per heavy atom. The summed E-state index contributed by atoms with van der Waals surface area (Å²) in [5, 5.41) is 6.67. The van der Waals surface area contributed by atoms with Crippen molar-refractivity contribution in [2.24, 2.45) is 0 Å². The van der Waals surface area contributed by atoms with Crippen LogP contribution in [0.15, 0.2) is 5.38 Å². The first-order valence-electron chi connectivity index (χ1n) is 8.06. The topological polar surface area (TPSA) is 56.1 Å². The first-order valence-corrected chi connectivity index (χ1v) is 8.94. The van der Waals surface area contributed by atoms with Crippen LogP contribution in [0.2, 0.25) is 0 Å². The van der Waals surface area contributed by atoms with Crippen LogP contribution in [0, 0.1) is 6.92 Å². The summed E-state index contributed by atoms with van der Waals surface area (Å²) in [5.41, 5.74) is 0.517. The quantitative estimate of drug-likeness (QED) is 0.804. The predicted octanol–water partition coefficient (Wildman–Crippen LogP) is 2.71. The van der Waals surface area contributed by atoms with Gasteiger partial charge in [0.2, 0.25) is 5.82 Å². The van der Waals surface area contributed by atoms with Crippen LogP contribution in [0.25, 0.3) is 11.5 Å². The zero-order chi connectivity index (χ0) is 18.0. The third-order valence-electron chi connectivity index (χ3n) is 3.95. The van der Waals surface area contributed by atoms with E-state index in [9.17, 15) is 13.2 Å². The lowest BCUT2D eigenvalue weighted by Crippen LogP contribution is -2.39. The molecule has 0 amide bonds. The van der Waals surface area contributed by atoms with Crippen molar-refractivity contribution in [2.45, 2.75) is 32.5 Å². The molecule has 3 rings (SSSR count). The van der Waals surface area contributed by atoms with E-state index in [1.165, 1.54) is 11.3 Å². The molecule has 0 spiro atoms. The largest absolute Gasteiger partial charge is 0.408 e. The number of aryl methyl sites for hydroxylation is 1. The maximum Gasteiger partial charge on any atom is 0.408 e. The number of hydrogen-bond acceptors (Lipinski definition) is 6. The second-order valence-electron chi connectivity index (χ2n) is 6.13. The fraction of sp³-hybridized carbons (Fsp3) is 0.667. The first-order chi connectivity index (χ1) is 11.8. The summed E-state index contributed by atoms with van der Waals surface area (Å²) in [6.07, 6.45) is -4.35. The van der Waals surface area contributed by atoms with Crippen LogP contribution in [0.3, 0.4) is 0 Å². The average molecular weight is 375 g/mol. The van der Waals surface area contributed by atoms with Crippen LogP contribution in [0.1, 0.15) is 23.7 Å². The van der Waals surface area contributed by atoms with Crippen LogP contribution in [-0.2, 0) is 11.3 Å². The molecule has 6 nitrogen and oxygen atoms in total. The molecule has 10 heteroatoms. The van der Waals surface area contributed by atoms with Crippen LogP contribution in [0.4, 0.5) is 13.2 Å². The molecule has 0 aromatic carbocycles. The third kappa shape index (κ3) is 4.77. The van der Waals surface area contributed by atoms with E-state index in [1.54, 1.807) is 5.38 Å². The summed E-state index contributed by atoms with van der Waals surface area (Å²) < 4.78 is 45.1. The molecule has 2 aromatic rings. The Bertz CT molecular complexity index is 708. The van der Waals surface area contributed by atoms with E-state index in [4.69, 9.17) is 4.74 Å². The number of alkyl halides is 3. The minimum atomic E-state index is -4.35. The van der Waals surface area contributed by atoms with Crippen molar-refractivity contribution in [3.63, 3.8) is 0 Å². The fourth-order valence-electron chi connectivity index (χ4n) is 2.83. The van der Waals surface area contributed by atoms with Crippen molar-refractivity contribution in [1.82, 2.24) is 24.6 Å². The lowest BCUT2D eigenvalue weighted by molar-refractivity contribution is -0.143. The summed E-state index contributed by atoms with van der Waals surface area (Å²) in [4.78, 5) is 10.8. The molecular weight excluding hydrogens is 355 g/mol. The Labute approximate surface area is 147 Å². The third-order valence-corrected chi connectivity index (χ3v) is 4.73. The monoisotopic (exact) mass is 375 g/mol. The Hall–Kier alpha value is -1.52. The van der Waals surface area contributed by atoms with Gasteiger partial charge in [0, 0.05) is 30.9 Å². The van der Waals surface area contributed by atoms with Crippen LogP contribution < -0.4 is 0 Å². The molecule has 1 fully saturated rings. The summed E-state index contributed by atoms with van der Waals surface area (Å²) in [7, 11) is 0. The summed E-state index contributed by atoms with van der Waals surface area (Å²) in [5.74, 6) is 0.406. The fourth-order valence-corrected chi connectivity index (χ4v) is 3.42. The molecule has 2 aromatic heterocycles. The highest BCUT2D eigenvalue weighted by Gasteiger charge is 2.32. The molecule has 138 valence electrons. The lowest BCUT2D eigenvalue weighted by Gasteiger charge is -2.28. The predicted molar refractivity (Wildman–Crippen MR) is 87.6 cm³/mol. The van der Waals surface area contributed by atoms with Gasteiger partial charge in [-0.25, -0.2) is 14.6 Å². The molecule has 0 bridgehead atoms. The highest BCUT2D eigenvalue weighted by Crippen LogP contribution is 2.25. The van der Waals surface area contributed by atoms with E-state index in [0.29, 0.717) is 31.3 Å². The molecule has 1 aliphatic heterocycles. The zero-order valence-corrected chi connectivity index (χ0v) is 14.9. The lowest BCUT2D eigenvalue weighted by atomic mass is 10.1. The van der Waals surface area contributed by atoms with Gasteiger partial charge in [-0.3, -0.25) is 4.90 Å². The van der Waals surface area contributed by atoms with Crippen molar-refractivity contribution in [3.05, 3.63) is 16.2 Å². The number of morpholine rings is 1. The van der Waals surface area contributed by atoms with E-state index in [1.807, 2.05) is 13.8 Å². The molecular formula is C15H20F3N5OS. The number of aromatic nitrogens is 4. The molecule has 1 aliphatic rings. The molecule has 0 N–H and O–H groups in total. The standard InChI is InChI=1S/C15H20F3N5OS/c1-10(7-22-3-5-24-6-4-22)14-20-13(12-8-25-11(2)19-12)21-23(14)9-15(16,17)18/h8,10H,3-7,9H2,1-2H3/t10-/m0/s1. The van der Waals surface area contributed by atoms with Crippen molar-refractivity contribution < 1.29 is 17.9 Å². The van der Waals surface area contributed by atoms with Crippen molar-refractivity contribution in [3.8, 4) is 11.5 Å². The minimum Gasteiger partial charge on any atom is -0.379 e. The zero-order valence-electron chi connectivity index (χ0n) is 14.1. The maximum atomic E-state index is 12.9. The Balaban J connectivity index is 1.85. The Morgan fingerprint density at radius 3 is 2.60 bits per heavy atom. The minimum absolute atomic E-state index is 0.179. The van der Waals surface area contributed by atoms with Crippen LogP contribution in [0.5, 0.6) is 0 Å². The molecule has 0 saturated carbocycles. The summed E-state index contributed by atoms with van der Waals surface area (Å²) >= 11 is 1.42. The highest BCUT2D eigenvalue weighted by molar-refractivity contribution is 7.09. The Kier molecular flexibility index (Phi) is 5.40. The summed E-state index contributed by atoms with van der Waals surface area (Å²) in [6, 6.07) is 0. The van der Waals surface area contributed by atoms with Crippen molar-refractivity contribution >= 4 is 11.3 Å². The van der Waals surface area contributed by atoms with Crippen molar-refractivity contribution in [2.75, 3.05) is 32.8 Å². The molecule has 1 atom stereocenters. The highest BCUT2D eigenvalue weighted by atomic mass is 32.1. The van der Waals surface area contributed by atoms with E-state index in [-0.39, 0.29) is 11.7 Å². The number of hydrogen-bond donors (Lipinski definition) is 0. The summed E-state index contributed by atoms with van der Waals surface area (Å²) in [6.45, 7) is 6.02. The molecule has 3 heterocycles. The molecule has 0 unspecified atom stereocenters. The average Bonchev–Trinajstić information content (AvgIpc) is 3.13. The van der Waals surface area contributed by atoms with Gasteiger partial charge in [-0.15, -0.1) is 16.4 Å². The van der Waals surface area contributed by atoms with Crippen molar-refractivity contribution in [1.29, 1.82) is 0 Å². The van der Waals surface area contributed by atoms with Gasteiger partial charge in [0.15, 0.2) is 0 Å². The van der Waals surface area contributed by atoms with E-state index in [0.717, 1.165) is 22.8 Å². The molecule has 25 heavy (non-hydrogen) atoms. The maximum absolute atomic E-state index is 12.9. The van der Waals surface area contributed by atoms with Gasteiger partial charge < -0.3 is 4.74 Å². The normalized spacial score (nSPS) is 17.8. The number of halogens is 3.